The quantitative estimate of drug-likeness (QED) is 0.811. The van der Waals surface area contributed by atoms with Crippen LogP contribution in [0.15, 0.2) is 0 Å². The summed E-state index contributed by atoms with van der Waals surface area (Å²) in [6.45, 7) is 3.65. The van der Waals surface area contributed by atoms with Gasteiger partial charge in [0, 0.05) is 39.1 Å². The maximum atomic E-state index is 13.2. The van der Waals surface area contributed by atoms with Gasteiger partial charge in [-0.1, -0.05) is 13.3 Å². The number of hydrogen-bond donors (Lipinski definition) is 2. The van der Waals surface area contributed by atoms with E-state index in [0.29, 0.717) is 44.4 Å². The van der Waals surface area contributed by atoms with Crippen molar-refractivity contribution in [3.8, 4) is 0 Å². The number of nitrogens with zero attached hydrogens (tertiary/aromatic N) is 1. The van der Waals surface area contributed by atoms with Crippen molar-refractivity contribution in [1.29, 1.82) is 0 Å². The Labute approximate surface area is 129 Å². The molecule has 1 saturated carbocycles. The molecule has 3 atom stereocenters. The molecule has 0 bridgehead atoms. The lowest BCUT2D eigenvalue weighted by atomic mass is 10.0. The zero-order valence-electron chi connectivity index (χ0n) is 13.1. The van der Waals surface area contributed by atoms with Gasteiger partial charge < -0.3 is 10.6 Å². The maximum absolute atomic E-state index is 13.2. The van der Waals surface area contributed by atoms with Crippen molar-refractivity contribution in [3.63, 3.8) is 0 Å². The molecule has 128 valence electrons. The van der Waals surface area contributed by atoms with Crippen LogP contribution in [0.2, 0.25) is 0 Å². The Balaban J connectivity index is 1.81. The number of carbonyl (C=O) groups is 1. The Hall–Kier alpha value is -0.820. The van der Waals surface area contributed by atoms with Crippen LogP contribution in [0.3, 0.4) is 0 Å². The van der Waals surface area contributed by atoms with Gasteiger partial charge in [0.15, 0.2) is 0 Å². The lowest BCUT2D eigenvalue weighted by molar-refractivity contribution is -0.184. The van der Waals surface area contributed by atoms with Gasteiger partial charge in [-0.2, -0.15) is 13.2 Å². The van der Waals surface area contributed by atoms with Gasteiger partial charge in [-0.15, -0.1) is 0 Å². The second kappa shape index (κ2) is 7.64. The molecule has 7 heteroatoms. The summed E-state index contributed by atoms with van der Waals surface area (Å²) in [6.07, 6.45) is -0.824. The molecule has 1 aliphatic heterocycles. The predicted octanol–water partition coefficient (Wildman–Crippen LogP) is 1.76. The average molecular weight is 321 g/mol. The molecule has 0 aromatic rings. The fraction of sp³-hybridized carbons (Fsp3) is 0.933. The lowest BCUT2D eigenvalue weighted by Gasteiger charge is -2.36. The molecule has 22 heavy (non-hydrogen) atoms. The van der Waals surface area contributed by atoms with Crippen LogP contribution in [0.1, 0.15) is 32.6 Å². The Morgan fingerprint density at radius 2 is 2.00 bits per heavy atom. The lowest BCUT2D eigenvalue weighted by Crippen LogP contribution is -2.57. The molecule has 2 N–H and O–H groups in total. The van der Waals surface area contributed by atoms with Gasteiger partial charge in [0.1, 0.15) is 6.04 Å². The highest BCUT2D eigenvalue weighted by atomic mass is 19.4. The first-order valence-corrected chi connectivity index (χ1v) is 8.14. The molecule has 0 spiro atoms. The highest BCUT2D eigenvalue weighted by Crippen LogP contribution is 2.32. The first-order valence-electron chi connectivity index (χ1n) is 8.14. The standard InChI is InChI=1S/C15H26F3N3O/c1-11-2-3-12(8-11)9-14(22)20-10-13(15(16,17)18)21-6-4-19-5-7-21/h11-13,19H,2-10H2,1H3,(H,20,22). The van der Waals surface area contributed by atoms with E-state index < -0.39 is 12.2 Å². The summed E-state index contributed by atoms with van der Waals surface area (Å²) in [4.78, 5) is 13.3. The summed E-state index contributed by atoms with van der Waals surface area (Å²) in [7, 11) is 0. The van der Waals surface area contributed by atoms with Gasteiger partial charge in [0.25, 0.3) is 0 Å². The second-order valence-corrected chi connectivity index (χ2v) is 6.64. The van der Waals surface area contributed by atoms with Crippen molar-refractivity contribution >= 4 is 5.91 Å². The number of piperazine rings is 1. The molecule has 1 amide bonds. The second-order valence-electron chi connectivity index (χ2n) is 6.64. The third-order valence-corrected chi connectivity index (χ3v) is 4.74. The molecule has 2 rings (SSSR count). The van der Waals surface area contributed by atoms with Gasteiger partial charge in [-0.25, -0.2) is 0 Å². The molecule has 1 aliphatic carbocycles. The van der Waals surface area contributed by atoms with Crippen LogP contribution in [0, 0.1) is 11.8 Å². The molecule has 0 radical (unpaired) electrons. The summed E-state index contributed by atoms with van der Waals surface area (Å²) < 4.78 is 39.6. The summed E-state index contributed by atoms with van der Waals surface area (Å²) in [5.41, 5.74) is 0. The molecule has 0 aromatic carbocycles. The number of carbonyl (C=O) groups excluding carboxylic acids is 1. The summed E-state index contributed by atoms with van der Waals surface area (Å²) in [5.74, 6) is 0.712. The van der Waals surface area contributed by atoms with E-state index in [1.165, 1.54) is 4.90 Å². The van der Waals surface area contributed by atoms with Crippen LogP contribution in [-0.2, 0) is 4.79 Å². The average Bonchev–Trinajstić information content (AvgIpc) is 2.84. The Bertz CT molecular complexity index is 370. The zero-order valence-corrected chi connectivity index (χ0v) is 13.1. The zero-order chi connectivity index (χ0) is 16.2. The number of rotatable bonds is 5. The molecule has 0 aromatic heterocycles. The SMILES string of the molecule is CC1CCC(CC(=O)NCC(N2CCNCC2)C(F)(F)F)C1. The highest BCUT2D eigenvalue weighted by Gasteiger charge is 2.43. The van der Waals surface area contributed by atoms with Crippen molar-refractivity contribution in [2.45, 2.75) is 44.8 Å². The van der Waals surface area contributed by atoms with E-state index in [-0.39, 0.29) is 12.5 Å². The molecule has 3 unspecified atom stereocenters. The molecule has 4 nitrogen and oxygen atoms in total. The van der Waals surface area contributed by atoms with Crippen LogP contribution in [0.5, 0.6) is 0 Å². The largest absolute Gasteiger partial charge is 0.405 e. The molecular formula is C15H26F3N3O. The summed E-state index contributed by atoms with van der Waals surface area (Å²) in [6, 6.07) is -1.58. The Morgan fingerprint density at radius 3 is 2.55 bits per heavy atom. The first kappa shape index (κ1) is 17.5. The number of alkyl halides is 3. The Morgan fingerprint density at radius 1 is 1.32 bits per heavy atom. The fourth-order valence-corrected chi connectivity index (χ4v) is 3.50. The monoisotopic (exact) mass is 321 g/mol. The minimum absolute atomic E-state index is 0.247. The van der Waals surface area contributed by atoms with Crippen LogP contribution >= 0.6 is 0 Å². The van der Waals surface area contributed by atoms with Gasteiger partial charge in [0.05, 0.1) is 0 Å². The number of halogens is 3. The molecule has 2 aliphatic rings. The molecule has 2 fully saturated rings. The normalized spacial score (nSPS) is 28.5. The summed E-state index contributed by atoms with van der Waals surface area (Å²) >= 11 is 0. The minimum atomic E-state index is -4.31. The van der Waals surface area contributed by atoms with E-state index in [0.717, 1.165) is 19.3 Å². The van der Waals surface area contributed by atoms with Crippen LogP contribution in [0.25, 0.3) is 0 Å². The Kier molecular flexibility index (Phi) is 6.09. The van der Waals surface area contributed by atoms with E-state index in [9.17, 15) is 18.0 Å². The third kappa shape index (κ3) is 5.12. The fourth-order valence-electron chi connectivity index (χ4n) is 3.50. The first-order chi connectivity index (χ1) is 10.4. The maximum Gasteiger partial charge on any atom is 0.405 e. The van der Waals surface area contributed by atoms with Crippen LogP contribution < -0.4 is 10.6 Å². The number of nitrogens with one attached hydrogen (secondary N) is 2. The van der Waals surface area contributed by atoms with Crippen molar-refractivity contribution in [3.05, 3.63) is 0 Å². The molecular weight excluding hydrogens is 295 g/mol. The molecule has 1 heterocycles. The predicted molar refractivity (Wildman–Crippen MR) is 78.4 cm³/mol. The van der Waals surface area contributed by atoms with Crippen molar-refractivity contribution in [2.75, 3.05) is 32.7 Å². The van der Waals surface area contributed by atoms with E-state index in [4.69, 9.17) is 0 Å². The van der Waals surface area contributed by atoms with Crippen molar-refractivity contribution in [2.24, 2.45) is 11.8 Å². The van der Waals surface area contributed by atoms with Crippen molar-refractivity contribution in [1.82, 2.24) is 15.5 Å². The van der Waals surface area contributed by atoms with E-state index >= 15 is 0 Å². The van der Waals surface area contributed by atoms with Crippen LogP contribution in [0.4, 0.5) is 13.2 Å². The molecule has 1 saturated heterocycles. The van der Waals surface area contributed by atoms with E-state index in [2.05, 4.69) is 17.6 Å². The number of hydrogen-bond acceptors (Lipinski definition) is 3. The van der Waals surface area contributed by atoms with Gasteiger partial charge in [0.2, 0.25) is 5.91 Å². The number of amides is 1. The topological polar surface area (TPSA) is 44.4 Å². The van der Waals surface area contributed by atoms with E-state index in [1.54, 1.807) is 0 Å². The minimum Gasteiger partial charge on any atom is -0.354 e. The van der Waals surface area contributed by atoms with Gasteiger partial charge >= 0.3 is 6.18 Å². The third-order valence-electron chi connectivity index (χ3n) is 4.74. The van der Waals surface area contributed by atoms with Crippen molar-refractivity contribution < 1.29 is 18.0 Å². The van der Waals surface area contributed by atoms with E-state index in [1.807, 2.05) is 0 Å². The summed E-state index contributed by atoms with van der Waals surface area (Å²) in [5, 5.41) is 5.55. The smallest absolute Gasteiger partial charge is 0.354 e. The van der Waals surface area contributed by atoms with Gasteiger partial charge in [-0.3, -0.25) is 9.69 Å². The van der Waals surface area contributed by atoms with Crippen LogP contribution in [-0.4, -0.2) is 55.7 Å². The van der Waals surface area contributed by atoms with Gasteiger partial charge in [-0.05, 0) is 24.7 Å². The highest BCUT2D eigenvalue weighted by molar-refractivity contribution is 5.76.